The molecule has 0 radical (unpaired) electrons. The van der Waals surface area contributed by atoms with Gasteiger partial charge in [-0.2, -0.15) is 5.10 Å². The average molecular weight is 193 g/mol. The first-order valence-corrected chi connectivity index (χ1v) is 5.04. The van der Waals surface area contributed by atoms with Crippen LogP contribution < -0.4 is 10.9 Å². The standard InChI is InChI=1S/C10H15N3O/c1-8-4-5-10(14)13(12-8)7-9-3-2-6-11-9/h4-5,9,11H,2-3,6-7H2,1H3. The molecule has 1 atom stereocenters. The van der Waals surface area contributed by atoms with Crippen LogP contribution in [0.3, 0.4) is 0 Å². The number of aryl methyl sites for hydroxylation is 1. The molecule has 2 rings (SSSR count). The number of nitrogens with one attached hydrogen (secondary N) is 1. The van der Waals surface area contributed by atoms with Crippen molar-refractivity contribution in [3.63, 3.8) is 0 Å². The van der Waals surface area contributed by atoms with Crippen molar-refractivity contribution in [1.29, 1.82) is 0 Å². The maximum atomic E-state index is 11.4. The molecule has 0 bridgehead atoms. The Hall–Kier alpha value is -1.16. The lowest BCUT2D eigenvalue weighted by Crippen LogP contribution is -2.33. The molecular formula is C10H15N3O. The molecule has 4 nitrogen and oxygen atoms in total. The Morgan fingerprint density at radius 3 is 3.21 bits per heavy atom. The minimum absolute atomic E-state index is 0.00991. The Morgan fingerprint density at radius 2 is 2.50 bits per heavy atom. The minimum atomic E-state index is -0.00991. The van der Waals surface area contributed by atoms with Crippen LogP contribution in [0.4, 0.5) is 0 Å². The predicted octanol–water partition coefficient (Wildman–Crippen LogP) is 0.304. The molecule has 1 aliphatic rings. The summed E-state index contributed by atoms with van der Waals surface area (Å²) < 4.78 is 1.55. The average Bonchev–Trinajstić information content (AvgIpc) is 2.64. The molecule has 1 aromatic heterocycles. The van der Waals surface area contributed by atoms with Crippen LogP contribution in [-0.4, -0.2) is 22.4 Å². The number of nitrogens with zero attached hydrogens (tertiary/aromatic N) is 2. The van der Waals surface area contributed by atoms with Gasteiger partial charge in [-0.15, -0.1) is 0 Å². The Kier molecular flexibility index (Phi) is 2.63. The predicted molar refractivity (Wildman–Crippen MR) is 54.3 cm³/mol. The van der Waals surface area contributed by atoms with Crippen molar-refractivity contribution in [2.45, 2.75) is 32.4 Å². The van der Waals surface area contributed by atoms with Crippen molar-refractivity contribution < 1.29 is 0 Å². The molecule has 0 spiro atoms. The third kappa shape index (κ3) is 2.01. The van der Waals surface area contributed by atoms with Gasteiger partial charge < -0.3 is 5.32 Å². The Morgan fingerprint density at radius 1 is 1.64 bits per heavy atom. The van der Waals surface area contributed by atoms with Crippen molar-refractivity contribution in [1.82, 2.24) is 15.1 Å². The zero-order valence-electron chi connectivity index (χ0n) is 8.36. The largest absolute Gasteiger partial charge is 0.312 e. The molecule has 1 fully saturated rings. The van der Waals surface area contributed by atoms with Crippen molar-refractivity contribution in [3.8, 4) is 0 Å². The highest BCUT2D eigenvalue weighted by Crippen LogP contribution is 2.05. The van der Waals surface area contributed by atoms with Crippen LogP contribution in [0.1, 0.15) is 18.5 Å². The fourth-order valence-electron chi connectivity index (χ4n) is 1.80. The van der Waals surface area contributed by atoms with Crippen LogP contribution >= 0.6 is 0 Å². The Bertz CT molecular complexity index is 366. The second-order valence-corrected chi connectivity index (χ2v) is 3.79. The van der Waals surface area contributed by atoms with Gasteiger partial charge in [-0.3, -0.25) is 4.79 Å². The second-order valence-electron chi connectivity index (χ2n) is 3.79. The van der Waals surface area contributed by atoms with E-state index in [2.05, 4.69) is 10.4 Å². The highest BCUT2D eigenvalue weighted by atomic mass is 16.1. The van der Waals surface area contributed by atoms with Gasteiger partial charge >= 0.3 is 0 Å². The molecule has 0 amide bonds. The van der Waals surface area contributed by atoms with Crippen molar-refractivity contribution in [2.24, 2.45) is 0 Å². The highest BCUT2D eigenvalue weighted by Gasteiger charge is 2.15. The molecule has 2 heterocycles. The van der Waals surface area contributed by atoms with E-state index in [1.54, 1.807) is 16.8 Å². The molecule has 1 N–H and O–H groups in total. The molecule has 76 valence electrons. The monoisotopic (exact) mass is 193 g/mol. The molecule has 1 saturated heterocycles. The summed E-state index contributed by atoms with van der Waals surface area (Å²) in [4.78, 5) is 11.4. The van der Waals surface area contributed by atoms with E-state index in [-0.39, 0.29) is 5.56 Å². The van der Waals surface area contributed by atoms with Gasteiger partial charge in [0.25, 0.3) is 5.56 Å². The van der Waals surface area contributed by atoms with Gasteiger partial charge in [-0.25, -0.2) is 4.68 Å². The van der Waals surface area contributed by atoms with E-state index in [1.165, 1.54) is 6.42 Å². The van der Waals surface area contributed by atoms with Crippen LogP contribution in [0.2, 0.25) is 0 Å². The summed E-state index contributed by atoms with van der Waals surface area (Å²) in [5.41, 5.74) is 0.881. The maximum Gasteiger partial charge on any atom is 0.266 e. The molecular weight excluding hydrogens is 178 g/mol. The smallest absolute Gasteiger partial charge is 0.266 e. The van der Waals surface area contributed by atoms with Crippen LogP contribution in [0.25, 0.3) is 0 Å². The SMILES string of the molecule is Cc1ccc(=O)n(CC2CCCN2)n1. The van der Waals surface area contributed by atoms with Gasteiger partial charge in [0.05, 0.1) is 12.2 Å². The summed E-state index contributed by atoms with van der Waals surface area (Å²) in [5.74, 6) is 0. The topological polar surface area (TPSA) is 46.9 Å². The summed E-state index contributed by atoms with van der Waals surface area (Å²) in [5, 5.41) is 7.55. The van der Waals surface area contributed by atoms with E-state index in [9.17, 15) is 4.79 Å². The summed E-state index contributed by atoms with van der Waals surface area (Å²) in [6.07, 6.45) is 2.34. The molecule has 1 aromatic rings. The lowest BCUT2D eigenvalue weighted by atomic mass is 10.2. The maximum absolute atomic E-state index is 11.4. The van der Waals surface area contributed by atoms with E-state index >= 15 is 0 Å². The first kappa shape index (κ1) is 9.40. The van der Waals surface area contributed by atoms with E-state index in [0.717, 1.165) is 18.7 Å². The summed E-state index contributed by atoms with van der Waals surface area (Å²) in [6, 6.07) is 3.75. The van der Waals surface area contributed by atoms with E-state index in [0.29, 0.717) is 12.6 Å². The molecule has 0 aromatic carbocycles. The summed E-state index contributed by atoms with van der Waals surface area (Å²) >= 11 is 0. The van der Waals surface area contributed by atoms with Gasteiger partial charge in [-0.1, -0.05) is 0 Å². The quantitative estimate of drug-likeness (QED) is 0.735. The highest BCUT2D eigenvalue weighted by molar-refractivity contribution is 4.97. The Balaban J connectivity index is 2.15. The fourth-order valence-corrected chi connectivity index (χ4v) is 1.80. The molecule has 14 heavy (non-hydrogen) atoms. The van der Waals surface area contributed by atoms with Gasteiger partial charge in [0.15, 0.2) is 0 Å². The van der Waals surface area contributed by atoms with Crippen molar-refractivity contribution >= 4 is 0 Å². The Labute approximate surface area is 82.9 Å². The molecule has 4 heteroatoms. The molecule has 0 saturated carbocycles. The van der Waals surface area contributed by atoms with Crippen molar-refractivity contribution in [2.75, 3.05) is 6.54 Å². The van der Waals surface area contributed by atoms with E-state index < -0.39 is 0 Å². The van der Waals surface area contributed by atoms with Crippen molar-refractivity contribution in [3.05, 3.63) is 28.2 Å². The zero-order valence-corrected chi connectivity index (χ0v) is 8.36. The van der Waals surface area contributed by atoms with E-state index in [1.807, 2.05) is 6.92 Å². The lowest BCUT2D eigenvalue weighted by molar-refractivity contribution is 0.456. The van der Waals surface area contributed by atoms with Crippen LogP contribution in [0.5, 0.6) is 0 Å². The van der Waals surface area contributed by atoms with Crippen LogP contribution in [0.15, 0.2) is 16.9 Å². The fraction of sp³-hybridized carbons (Fsp3) is 0.600. The number of rotatable bonds is 2. The van der Waals surface area contributed by atoms with Gasteiger partial charge in [0, 0.05) is 12.1 Å². The van der Waals surface area contributed by atoms with Gasteiger partial charge in [-0.05, 0) is 32.4 Å². The lowest BCUT2D eigenvalue weighted by Gasteiger charge is -2.11. The third-order valence-electron chi connectivity index (χ3n) is 2.56. The molecule has 0 aliphatic carbocycles. The first-order chi connectivity index (χ1) is 6.75. The normalized spacial score (nSPS) is 21.4. The van der Waals surface area contributed by atoms with Gasteiger partial charge in [0.2, 0.25) is 0 Å². The third-order valence-corrected chi connectivity index (χ3v) is 2.56. The molecule has 1 unspecified atom stereocenters. The number of hydrogen-bond acceptors (Lipinski definition) is 3. The number of aromatic nitrogens is 2. The van der Waals surface area contributed by atoms with E-state index in [4.69, 9.17) is 0 Å². The molecule has 1 aliphatic heterocycles. The second kappa shape index (κ2) is 3.92. The van der Waals surface area contributed by atoms with Crippen LogP contribution in [0, 0.1) is 6.92 Å². The summed E-state index contributed by atoms with van der Waals surface area (Å²) in [7, 11) is 0. The zero-order chi connectivity index (χ0) is 9.97. The van der Waals surface area contributed by atoms with Crippen LogP contribution in [-0.2, 0) is 6.54 Å². The number of hydrogen-bond donors (Lipinski definition) is 1. The van der Waals surface area contributed by atoms with Gasteiger partial charge in [0.1, 0.15) is 0 Å². The minimum Gasteiger partial charge on any atom is -0.312 e. The summed E-state index contributed by atoms with van der Waals surface area (Å²) in [6.45, 7) is 3.66. The first-order valence-electron chi connectivity index (χ1n) is 5.04.